The molecule has 0 spiro atoms. The van der Waals surface area contributed by atoms with Gasteiger partial charge in [-0.05, 0) is 6.42 Å². The Morgan fingerprint density at radius 1 is 1.38 bits per heavy atom. The van der Waals surface area contributed by atoms with Crippen molar-refractivity contribution in [2.45, 2.75) is 19.9 Å². The predicted molar refractivity (Wildman–Crippen MR) is 79.4 cm³/mol. The van der Waals surface area contributed by atoms with Crippen LogP contribution in [0.4, 0.5) is 4.79 Å². The van der Waals surface area contributed by atoms with E-state index in [1.807, 2.05) is 11.1 Å². The van der Waals surface area contributed by atoms with E-state index in [1.54, 1.807) is 16.2 Å². The number of rotatable bonds is 5. The fraction of sp³-hybridized carbons (Fsp3) is 0.615. The maximum Gasteiger partial charge on any atom is 0.317 e. The number of aliphatic carboxylic acids is 1. The Labute approximate surface area is 127 Å². The lowest BCUT2D eigenvalue weighted by Crippen LogP contribution is -2.52. The SMILES string of the molecule is CCc1cnc(CNC(=O)N2CCN(CC(=O)O)CC2)s1. The number of piperazine rings is 1. The summed E-state index contributed by atoms with van der Waals surface area (Å²) < 4.78 is 0. The Kier molecular flexibility index (Phi) is 5.51. The van der Waals surface area contributed by atoms with Gasteiger partial charge in [0.15, 0.2) is 0 Å². The van der Waals surface area contributed by atoms with Crippen LogP contribution in [0.25, 0.3) is 0 Å². The normalized spacial score (nSPS) is 16.0. The number of hydrogen-bond donors (Lipinski definition) is 2. The minimum atomic E-state index is -0.830. The molecule has 0 saturated carbocycles. The molecule has 21 heavy (non-hydrogen) atoms. The minimum Gasteiger partial charge on any atom is -0.480 e. The molecular formula is C13H20N4O3S. The fourth-order valence-corrected chi connectivity index (χ4v) is 2.96. The molecule has 1 aromatic heterocycles. The summed E-state index contributed by atoms with van der Waals surface area (Å²) >= 11 is 1.61. The van der Waals surface area contributed by atoms with Crippen LogP contribution in [-0.2, 0) is 17.8 Å². The molecule has 2 amide bonds. The van der Waals surface area contributed by atoms with Crippen molar-refractivity contribution in [3.63, 3.8) is 0 Å². The molecule has 116 valence electrons. The molecule has 2 N–H and O–H groups in total. The summed E-state index contributed by atoms with van der Waals surface area (Å²) in [6, 6.07) is -0.113. The molecular weight excluding hydrogens is 292 g/mol. The number of carboxylic acid groups (broad SMARTS) is 1. The van der Waals surface area contributed by atoms with Crippen molar-refractivity contribution in [2.75, 3.05) is 32.7 Å². The minimum absolute atomic E-state index is 0.0361. The number of urea groups is 1. The van der Waals surface area contributed by atoms with E-state index < -0.39 is 5.97 Å². The van der Waals surface area contributed by atoms with Gasteiger partial charge < -0.3 is 15.3 Å². The van der Waals surface area contributed by atoms with Crippen molar-refractivity contribution >= 4 is 23.3 Å². The monoisotopic (exact) mass is 312 g/mol. The lowest BCUT2D eigenvalue weighted by Gasteiger charge is -2.33. The number of nitrogens with zero attached hydrogens (tertiary/aromatic N) is 3. The smallest absolute Gasteiger partial charge is 0.317 e. The predicted octanol–water partition coefficient (Wildman–Crippen LogP) is 0.617. The zero-order valence-corrected chi connectivity index (χ0v) is 12.9. The van der Waals surface area contributed by atoms with E-state index in [9.17, 15) is 9.59 Å². The molecule has 0 aromatic carbocycles. The standard InChI is InChI=1S/C13H20N4O3S/c1-2-10-7-14-11(21-10)8-15-13(20)17-5-3-16(4-6-17)9-12(18)19/h7H,2-6,8-9H2,1H3,(H,15,20)(H,18,19). The number of nitrogens with one attached hydrogen (secondary N) is 1. The van der Waals surface area contributed by atoms with Gasteiger partial charge in [-0.15, -0.1) is 11.3 Å². The molecule has 1 aliphatic heterocycles. The van der Waals surface area contributed by atoms with Crippen LogP contribution in [0.2, 0.25) is 0 Å². The van der Waals surface area contributed by atoms with E-state index in [4.69, 9.17) is 5.11 Å². The highest BCUT2D eigenvalue weighted by atomic mass is 32.1. The maximum absolute atomic E-state index is 12.0. The Hall–Kier alpha value is -1.67. The zero-order valence-electron chi connectivity index (χ0n) is 12.0. The third-order valence-electron chi connectivity index (χ3n) is 3.36. The van der Waals surface area contributed by atoms with E-state index in [1.165, 1.54) is 4.88 Å². The van der Waals surface area contributed by atoms with Gasteiger partial charge in [-0.1, -0.05) is 6.92 Å². The average Bonchev–Trinajstić information content (AvgIpc) is 2.93. The average molecular weight is 312 g/mol. The molecule has 0 aliphatic carbocycles. The van der Waals surface area contributed by atoms with Crippen LogP contribution >= 0.6 is 11.3 Å². The van der Waals surface area contributed by atoms with Gasteiger partial charge >= 0.3 is 12.0 Å². The Morgan fingerprint density at radius 2 is 2.10 bits per heavy atom. The number of hydrogen-bond acceptors (Lipinski definition) is 5. The largest absolute Gasteiger partial charge is 0.480 e. The second kappa shape index (κ2) is 7.37. The first kappa shape index (κ1) is 15.7. The van der Waals surface area contributed by atoms with E-state index in [-0.39, 0.29) is 12.6 Å². The second-order valence-electron chi connectivity index (χ2n) is 4.89. The number of aromatic nitrogens is 1. The molecule has 1 saturated heterocycles. The topological polar surface area (TPSA) is 85.8 Å². The first-order valence-electron chi connectivity index (χ1n) is 6.99. The third-order valence-corrected chi connectivity index (χ3v) is 4.50. The van der Waals surface area contributed by atoms with Crippen molar-refractivity contribution in [2.24, 2.45) is 0 Å². The molecule has 0 radical (unpaired) electrons. The van der Waals surface area contributed by atoms with Crippen LogP contribution in [0.15, 0.2) is 6.20 Å². The number of carbonyl (C=O) groups is 2. The van der Waals surface area contributed by atoms with Gasteiger partial charge in [0.05, 0.1) is 13.1 Å². The Bertz CT molecular complexity index is 497. The first-order valence-corrected chi connectivity index (χ1v) is 7.80. The number of thiazole rings is 1. The van der Waals surface area contributed by atoms with Crippen molar-refractivity contribution in [1.29, 1.82) is 0 Å². The number of amides is 2. The summed E-state index contributed by atoms with van der Waals surface area (Å²) in [7, 11) is 0. The molecule has 0 atom stereocenters. The molecule has 7 nitrogen and oxygen atoms in total. The van der Waals surface area contributed by atoms with Gasteiger partial charge in [-0.25, -0.2) is 9.78 Å². The fourth-order valence-electron chi connectivity index (χ4n) is 2.16. The second-order valence-corrected chi connectivity index (χ2v) is 6.09. The summed E-state index contributed by atoms with van der Waals surface area (Å²) in [6.07, 6.45) is 2.80. The molecule has 2 heterocycles. The Balaban J connectivity index is 1.73. The van der Waals surface area contributed by atoms with E-state index in [0.717, 1.165) is 11.4 Å². The number of carboxylic acids is 1. The molecule has 1 aliphatic rings. The molecule has 0 unspecified atom stereocenters. The van der Waals surface area contributed by atoms with Crippen molar-refractivity contribution in [3.8, 4) is 0 Å². The Morgan fingerprint density at radius 3 is 2.67 bits per heavy atom. The van der Waals surface area contributed by atoms with Gasteiger partial charge in [-0.3, -0.25) is 9.69 Å². The van der Waals surface area contributed by atoms with Crippen LogP contribution < -0.4 is 5.32 Å². The molecule has 8 heteroatoms. The van der Waals surface area contributed by atoms with E-state index in [0.29, 0.717) is 32.7 Å². The number of aryl methyl sites for hydroxylation is 1. The lowest BCUT2D eigenvalue weighted by molar-refractivity contribution is -0.138. The summed E-state index contributed by atoms with van der Waals surface area (Å²) in [5.74, 6) is -0.830. The highest BCUT2D eigenvalue weighted by Crippen LogP contribution is 2.13. The summed E-state index contributed by atoms with van der Waals surface area (Å²) in [4.78, 5) is 31.7. The van der Waals surface area contributed by atoms with E-state index in [2.05, 4.69) is 17.2 Å². The van der Waals surface area contributed by atoms with Gasteiger partial charge in [0, 0.05) is 37.3 Å². The highest BCUT2D eigenvalue weighted by Gasteiger charge is 2.22. The number of carbonyl (C=O) groups excluding carboxylic acids is 1. The van der Waals surface area contributed by atoms with Gasteiger partial charge in [0.1, 0.15) is 5.01 Å². The summed E-state index contributed by atoms with van der Waals surface area (Å²) in [5.41, 5.74) is 0. The maximum atomic E-state index is 12.0. The van der Waals surface area contributed by atoms with E-state index >= 15 is 0 Å². The lowest BCUT2D eigenvalue weighted by atomic mass is 10.3. The van der Waals surface area contributed by atoms with Crippen LogP contribution in [0.1, 0.15) is 16.8 Å². The van der Waals surface area contributed by atoms with Crippen LogP contribution in [0, 0.1) is 0 Å². The van der Waals surface area contributed by atoms with Gasteiger partial charge in [-0.2, -0.15) is 0 Å². The van der Waals surface area contributed by atoms with Gasteiger partial charge in [0.25, 0.3) is 0 Å². The van der Waals surface area contributed by atoms with Crippen LogP contribution in [0.3, 0.4) is 0 Å². The van der Waals surface area contributed by atoms with Crippen molar-refractivity contribution in [3.05, 3.63) is 16.1 Å². The highest BCUT2D eigenvalue weighted by molar-refractivity contribution is 7.11. The quantitative estimate of drug-likeness (QED) is 0.832. The molecule has 1 fully saturated rings. The molecule has 0 bridgehead atoms. The molecule has 2 rings (SSSR count). The van der Waals surface area contributed by atoms with Crippen LogP contribution in [0.5, 0.6) is 0 Å². The van der Waals surface area contributed by atoms with Gasteiger partial charge in [0.2, 0.25) is 0 Å². The summed E-state index contributed by atoms with van der Waals surface area (Å²) in [6.45, 7) is 4.85. The molecule has 1 aromatic rings. The first-order chi connectivity index (χ1) is 10.1. The van der Waals surface area contributed by atoms with Crippen LogP contribution in [-0.4, -0.2) is 64.6 Å². The van der Waals surface area contributed by atoms with Crippen molar-refractivity contribution in [1.82, 2.24) is 20.1 Å². The summed E-state index contributed by atoms with van der Waals surface area (Å²) in [5, 5.41) is 12.5. The zero-order chi connectivity index (χ0) is 15.2. The third kappa shape index (κ3) is 4.68. The van der Waals surface area contributed by atoms with Crippen molar-refractivity contribution < 1.29 is 14.7 Å².